The second-order valence-electron chi connectivity index (χ2n) is 6.17. The van der Waals surface area contributed by atoms with Gasteiger partial charge < -0.3 is 4.74 Å². The lowest BCUT2D eigenvalue weighted by Crippen LogP contribution is -2.48. The molecule has 3 nitrogen and oxygen atoms in total. The minimum Gasteiger partial charge on any atom is -0.466 e. The third kappa shape index (κ3) is 3.25. The Balaban J connectivity index is 1.97. The van der Waals surface area contributed by atoms with Gasteiger partial charge in [0.25, 0.3) is 0 Å². The zero-order valence-corrected chi connectivity index (χ0v) is 11.9. The number of nitrogens with zero attached hydrogens (tertiary/aromatic N) is 1. The molecule has 0 N–H and O–H groups in total. The van der Waals surface area contributed by atoms with Crippen LogP contribution in [0.15, 0.2) is 0 Å². The Morgan fingerprint density at radius 3 is 2.44 bits per heavy atom. The van der Waals surface area contributed by atoms with Crippen LogP contribution in [0.4, 0.5) is 0 Å². The van der Waals surface area contributed by atoms with Crippen molar-refractivity contribution in [2.75, 3.05) is 19.7 Å². The molecule has 1 heterocycles. The van der Waals surface area contributed by atoms with Gasteiger partial charge >= 0.3 is 5.97 Å². The summed E-state index contributed by atoms with van der Waals surface area (Å²) in [6.45, 7) is 6.97. The maximum absolute atomic E-state index is 11.9. The lowest BCUT2D eigenvalue weighted by atomic mass is 9.75. The van der Waals surface area contributed by atoms with E-state index in [1.807, 2.05) is 6.92 Å². The molecule has 2 rings (SSSR count). The Kier molecular flexibility index (Phi) is 4.66. The minimum absolute atomic E-state index is 0.0220. The maximum Gasteiger partial charge on any atom is 0.307 e. The van der Waals surface area contributed by atoms with E-state index in [4.69, 9.17) is 4.74 Å². The largest absolute Gasteiger partial charge is 0.466 e. The molecule has 0 radical (unpaired) electrons. The van der Waals surface area contributed by atoms with Crippen molar-refractivity contribution in [3.63, 3.8) is 0 Å². The normalized spacial score (nSPS) is 24.6. The molecule has 104 valence electrons. The quantitative estimate of drug-likeness (QED) is 0.682. The van der Waals surface area contributed by atoms with Crippen LogP contribution < -0.4 is 0 Å². The summed E-state index contributed by atoms with van der Waals surface area (Å²) in [5.74, 6) is 0.816. The van der Waals surface area contributed by atoms with Crippen LogP contribution in [0.5, 0.6) is 0 Å². The number of esters is 1. The third-order valence-electron chi connectivity index (χ3n) is 4.65. The van der Waals surface area contributed by atoms with E-state index in [2.05, 4.69) is 11.8 Å². The smallest absolute Gasteiger partial charge is 0.307 e. The van der Waals surface area contributed by atoms with E-state index in [0.29, 0.717) is 13.0 Å². The van der Waals surface area contributed by atoms with Crippen molar-refractivity contribution >= 4 is 5.97 Å². The molecule has 1 unspecified atom stereocenters. The fourth-order valence-corrected chi connectivity index (χ4v) is 3.41. The molecule has 0 aromatic heterocycles. The van der Waals surface area contributed by atoms with Crippen LogP contribution in [-0.4, -0.2) is 36.1 Å². The van der Waals surface area contributed by atoms with Gasteiger partial charge in [0.2, 0.25) is 0 Å². The first-order valence-corrected chi connectivity index (χ1v) is 7.55. The van der Waals surface area contributed by atoms with E-state index in [1.54, 1.807) is 0 Å². The molecule has 1 aliphatic heterocycles. The van der Waals surface area contributed by atoms with E-state index in [1.165, 1.54) is 38.5 Å². The summed E-state index contributed by atoms with van der Waals surface area (Å²) in [7, 11) is 0. The van der Waals surface area contributed by atoms with Crippen molar-refractivity contribution in [1.82, 2.24) is 4.90 Å². The Morgan fingerprint density at radius 1 is 1.28 bits per heavy atom. The Labute approximate surface area is 111 Å². The number of rotatable bonds is 6. The van der Waals surface area contributed by atoms with Gasteiger partial charge in [-0.2, -0.15) is 0 Å². The van der Waals surface area contributed by atoms with E-state index >= 15 is 0 Å². The number of ether oxygens (including phenoxy) is 1. The van der Waals surface area contributed by atoms with Gasteiger partial charge in [-0.25, -0.2) is 0 Å². The zero-order valence-electron chi connectivity index (χ0n) is 11.9. The summed E-state index contributed by atoms with van der Waals surface area (Å²) in [5, 5.41) is 0. The highest BCUT2D eigenvalue weighted by Crippen LogP contribution is 2.39. The summed E-state index contributed by atoms with van der Waals surface area (Å²) in [6.07, 6.45) is 8.38. The number of hydrogen-bond acceptors (Lipinski definition) is 3. The van der Waals surface area contributed by atoms with E-state index in [-0.39, 0.29) is 11.5 Å². The molecule has 18 heavy (non-hydrogen) atoms. The Bertz CT molecular complexity index is 282. The summed E-state index contributed by atoms with van der Waals surface area (Å²) < 4.78 is 5.16. The average Bonchev–Trinajstić information content (AvgIpc) is 2.78. The number of hydrogen-bond donors (Lipinski definition) is 0. The van der Waals surface area contributed by atoms with Crippen molar-refractivity contribution < 1.29 is 9.53 Å². The van der Waals surface area contributed by atoms with Crippen molar-refractivity contribution in [1.29, 1.82) is 0 Å². The van der Waals surface area contributed by atoms with Crippen molar-refractivity contribution in [3.8, 4) is 0 Å². The van der Waals surface area contributed by atoms with Crippen molar-refractivity contribution in [2.24, 2.45) is 5.92 Å². The fourth-order valence-electron chi connectivity index (χ4n) is 3.41. The van der Waals surface area contributed by atoms with Crippen LogP contribution >= 0.6 is 0 Å². The average molecular weight is 253 g/mol. The lowest BCUT2D eigenvalue weighted by Gasteiger charge is -2.42. The zero-order chi connectivity index (χ0) is 13.0. The summed E-state index contributed by atoms with van der Waals surface area (Å²) in [6, 6.07) is 0. The molecule has 1 aliphatic carbocycles. The molecule has 1 atom stereocenters. The third-order valence-corrected chi connectivity index (χ3v) is 4.65. The first-order valence-electron chi connectivity index (χ1n) is 7.55. The summed E-state index contributed by atoms with van der Waals surface area (Å²) in [5.41, 5.74) is 0.0356. The molecular formula is C15H27NO2. The van der Waals surface area contributed by atoms with Gasteiger partial charge in [-0.3, -0.25) is 9.69 Å². The molecule has 0 aromatic carbocycles. The van der Waals surface area contributed by atoms with Gasteiger partial charge in [0.1, 0.15) is 0 Å². The molecule has 0 amide bonds. The lowest BCUT2D eigenvalue weighted by molar-refractivity contribution is -0.146. The molecule has 2 fully saturated rings. The van der Waals surface area contributed by atoms with Crippen LogP contribution in [0.2, 0.25) is 0 Å². The van der Waals surface area contributed by atoms with Gasteiger partial charge in [0.15, 0.2) is 0 Å². The number of carbonyl (C=O) groups is 1. The molecule has 0 bridgehead atoms. The number of likely N-dealkylation sites (tertiary alicyclic amines) is 1. The van der Waals surface area contributed by atoms with Gasteiger partial charge in [-0.1, -0.05) is 19.3 Å². The molecular weight excluding hydrogens is 226 g/mol. The Morgan fingerprint density at radius 2 is 1.94 bits per heavy atom. The first kappa shape index (κ1) is 13.9. The SMILES string of the molecule is CCOC(=O)CC(C)(CC1CCC1)N1CCCC1. The summed E-state index contributed by atoms with van der Waals surface area (Å²) in [4.78, 5) is 14.4. The van der Waals surface area contributed by atoms with E-state index in [0.717, 1.165) is 19.0 Å². The second kappa shape index (κ2) is 6.05. The van der Waals surface area contributed by atoms with Crippen LogP contribution in [-0.2, 0) is 9.53 Å². The van der Waals surface area contributed by atoms with Crippen molar-refractivity contribution in [3.05, 3.63) is 0 Å². The van der Waals surface area contributed by atoms with Crippen molar-refractivity contribution in [2.45, 2.75) is 64.3 Å². The first-order chi connectivity index (χ1) is 8.64. The fraction of sp³-hybridized carbons (Fsp3) is 0.933. The van der Waals surface area contributed by atoms with Gasteiger partial charge in [-0.05, 0) is 52.1 Å². The predicted molar refractivity (Wildman–Crippen MR) is 72.4 cm³/mol. The molecule has 0 spiro atoms. The highest BCUT2D eigenvalue weighted by atomic mass is 16.5. The van der Waals surface area contributed by atoms with Gasteiger partial charge in [0, 0.05) is 5.54 Å². The van der Waals surface area contributed by atoms with Gasteiger partial charge in [0.05, 0.1) is 13.0 Å². The van der Waals surface area contributed by atoms with Crippen LogP contribution in [0.1, 0.15) is 58.8 Å². The standard InChI is InChI=1S/C15H27NO2/c1-3-18-14(17)12-15(2,11-13-7-6-8-13)16-9-4-5-10-16/h13H,3-12H2,1-2H3. The van der Waals surface area contributed by atoms with Crippen LogP contribution in [0.25, 0.3) is 0 Å². The second-order valence-corrected chi connectivity index (χ2v) is 6.17. The van der Waals surface area contributed by atoms with E-state index in [9.17, 15) is 4.79 Å². The minimum atomic E-state index is -0.0220. The highest BCUT2D eigenvalue weighted by molar-refractivity contribution is 5.70. The highest BCUT2D eigenvalue weighted by Gasteiger charge is 2.39. The molecule has 1 saturated heterocycles. The molecule has 3 heteroatoms. The molecule has 0 aromatic rings. The molecule has 1 saturated carbocycles. The Hall–Kier alpha value is -0.570. The van der Waals surface area contributed by atoms with Crippen LogP contribution in [0, 0.1) is 5.92 Å². The number of carbonyl (C=O) groups excluding carboxylic acids is 1. The maximum atomic E-state index is 11.9. The molecule has 2 aliphatic rings. The van der Waals surface area contributed by atoms with Crippen LogP contribution in [0.3, 0.4) is 0 Å². The van der Waals surface area contributed by atoms with Gasteiger partial charge in [-0.15, -0.1) is 0 Å². The topological polar surface area (TPSA) is 29.5 Å². The predicted octanol–water partition coefficient (Wildman–Crippen LogP) is 2.98. The summed E-state index contributed by atoms with van der Waals surface area (Å²) >= 11 is 0. The monoisotopic (exact) mass is 253 g/mol. The van der Waals surface area contributed by atoms with E-state index < -0.39 is 0 Å².